The molecule has 0 saturated heterocycles. The number of unbranched alkanes of at least 4 members (excludes halogenated alkanes) is 1. The molecule has 8 nitrogen and oxygen atoms in total. The number of alkyl halides is 3. The second-order valence-electron chi connectivity index (χ2n) is 10.1. The summed E-state index contributed by atoms with van der Waals surface area (Å²) >= 11 is 0. The van der Waals surface area contributed by atoms with E-state index in [1.165, 1.54) is 13.3 Å². The molecule has 3 rings (SSSR count). The third-order valence-electron chi connectivity index (χ3n) is 6.72. The summed E-state index contributed by atoms with van der Waals surface area (Å²) < 4.78 is 84.2. The summed E-state index contributed by atoms with van der Waals surface area (Å²) in [7, 11) is 1.52. The van der Waals surface area contributed by atoms with Crippen LogP contribution in [-0.4, -0.2) is 42.6 Å². The Kier molecular flexibility index (Phi) is 11.8. The molecule has 0 radical (unpaired) electrons. The quantitative estimate of drug-likeness (QED) is 0.0781. The van der Waals surface area contributed by atoms with Gasteiger partial charge in [-0.25, -0.2) is 13.8 Å². The number of ether oxygens (including phenoxy) is 2. The molecule has 1 unspecified atom stereocenters. The predicted octanol–water partition coefficient (Wildman–Crippen LogP) is 6.45. The number of anilines is 2. The van der Waals surface area contributed by atoms with Crippen molar-refractivity contribution in [2.75, 3.05) is 31.2 Å². The Morgan fingerprint density at radius 2 is 1.91 bits per heavy atom. The number of hydrogen-bond acceptors (Lipinski definition) is 8. The smallest absolute Gasteiger partial charge is 0.417 e. The standard InChI is InChI=1S/C30H36F5N5O3/c1-5-6-10-37-11-9-17(2)43-29-22(15-41)27(39-14-19-7-8-20(16-42-4)38-13-19)26(32)28(40-29)21-12-23(36)25(31)18(3)24(21)30(33,34)35/h7-8,12-13,15,17,37H,5-6,9-11,14,16,36H2,1-4H3,(H,39,40). The molecule has 0 aliphatic heterocycles. The van der Waals surface area contributed by atoms with Gasteiger partial charge >= 0.3 is 6.18 Å². The number of nitrogens with two attached hydrogens (primary N) is 1. The molecule has 2 heterocycles. The first-order valence-electron chi connectivity index (χ1n) is 13.8. The fourth-order valence-electron chi connectivity index (χ4n) is 4.44. The van der Waals surface area contributed by atoms with Crippen LogP contribution in [0.1, 0.15) is 65.9 Å². The van der Waals surface area contributed by atoms with Crippen molar-refractivity contribution < 1.29 is 36.2 Å². The van der Waals surface area contributed by atoms with Crippen molar-refractivity contribution in [1.29, 1.82) is 0 Å². The molecule has 1 aromatic carbocycles. The number of halogens is 5. The average Bonchev–Trinajstić information content (AvgIpc) is 2.95. The Bertz CT molecular complexity index is 1400. The summed E-state index contributed by atoms with van der Waals surface area (Å²) in [6.45, 7) is 6.25. The molecule has 0 spiro atoms. The molecule has 1 atom stereocenters. The van der Waals surface area contributed by atoms with Crippen LogP contribution < -0.4 is 21.1 Å². The molecule has 43 heavy (non-hydrogen) atoms. The summed E-state index contributed by atoms with van der Waals surface area (Å²) in [6, 6.07) is 4.08. The fourth-order valence-corrected chi connectivity index (χ4v) is 4.44. The number of aldehydes is 1. The Labute approximate surface area is 247 Å². The first kappa shape index (κ1) is 33.7. The maximum atomic E-state index is 16.2. The minimum Gasteiger partial charge on any atom is -0.474 e. The van der Waals surface area contributed by atoms with Gasteiger partial charge in [0.2, 0.25) is 5.88 Å². The van der Waals surface area contributed by atoms with Crippen LogP contribution in [0.15, 0.2) is 24.4 Å². The summed E-state index contributed by atoms with van der Waals surface area (Å²) in [5.41, 5.74) is 1.70. The van der Waals surface area contributed by atoms with Gasteiger partial charge in [0.25, 0.3) is 0 Å². The van der Waals surface area contributed by atoms with Crippen LogP contribution in [0.4, 0.5) is 33.3 Å². The van der Waals surface area contributed by atoms with Crippen molar-refractivity contribution in [1.82, 2.24) is 15.3 Å². The zero-order valence-corrected chi connectivity index (χ0v) is 24.5. The van der Waals surface area contributed by atoms with Crippen molar-refractivity contribution in [3.8, 4) is 17.1 Å². The summed E-state index contributed by atoms with van der Waals surface area (Å²) in [4.78, 5) is 20.5. The normalized spacial score (nSPS) is 12.3. The molecule has 0 aliphatic carbocycles. The highest BCUT2D eigenvalue weighted by Crippen LogP contribution is 2.44. The third kappa shape index (κ3) is 8.38. The third-order valence-corrected chi connectivity index (χ3v) is 6.72. The van der Waals surface area contributed by atoms with Gasteiger partial charge in [0, 0.05) is 25.4 Å². The molecule has 0 aliphatic rings. The maximum Gasteiger partial charge on any atom is 0.417 e. The van der Waals surface area contributed by atoms with E-state index in [-0.39, 0.29) is 24.6 Å². The Balaban J connectivity index is 2.12. The highest BCUT2D eigenvalue weighted by molar-refractivity contribution is 5.90. The number of hydrogen-bond donors (Lipinski definition) is 3. The average molecular weight is 610 g/mol. The first-order valence-corrected chi connectivity index (χ1v) is 13.8. The Hall–Kier alpha value is -3.84. The largest absolute Gasteiger partial charge is 0.474 e. The number of nitrogens with zero attached hydrogens (tertiary/aromatic N) is 2. The number of rotatable bonds is 15. The second kappa shape index (κ2) is 15.1. The van der Waals surface area contributed by atoms with E-state index in [1.54, 1.807) is 19.1 Å². The molecule has 2 aromatic heterocycles. The number of nitrogens with one attached hydrogen (secondary N) is 2. The van der Waals surface area contributed by atoms with Crippen molar-refractivity contribution in [3.05, 3.63) is 64.0 Å². The van der Waals surface area contributed by atoms with Gasteiger partial charge in [-0.1, -0.05) is 19.4 Å². The highest BCUT2D eigenvalue weighted by atomic mass is 19.4. The zero-order valence-electron chi connectivity index (χ0n) is 24.5. The number of benzene rings is 1. The summed E-state index contributed by atoms with van der Waals surface area (Å²) in [6.07, 6.45) is -1.33. The number of methoxy groups -OCH3 is 1. The minimum atomic E-state index is -5.08. The van der Waals surface area contributed by atoms with Gasteiger partial charge in [0.1, 0.15) is 17.1 Å². The van der Waals surface area contributed by atoms with Gasteiger partial charge in [-0.2, -0.15) is 13.2 Å². The van der Waals surface area contributed by atoms with E-state index >= 15 is 4.39 Å². The monoisotopic (exact) mass is 609 g/mol. The first-order chi connectivity index (χ1) is 20.4. The van der Waals surface area contributed by atoms with Gasteiger partial charge in [0.05, 0.1) is 35.3 Å². The molecule has 0 saturated carbocycles. The molecule has 0 fully saturated rings. The van der Waals surface area contributed by atoms with Gasteiger partial charge in [-0.15, -0.1) is 0 Å². The topological polar surface area (TPSA) is 111 Å². The van der Waals surface area contributed by atoms with E-state index in [0.717, 1.165) is 26.3 Å². The minimum absolute atomic E-state index is 0.0471. The van der Waals surface area contributed by atoms with Gasteiger partial charge in [-0.05, 0) is 63.0 Å². The van der Waals surface area contributed by atoms with E-state index in [1.807, 2.05) is 0 Å². The number of carbonyl (C=O) groups is 1. The van der Waals surface area contributed by atoms with Crippen LogP contribution in [0.2, 0.25) is 0 Å². The van der Waals surface area contributed by atoms with Crippen molar-refractivity contribution in [2.45, 2.75) is 65.5 Å². The van der Waals surface area contributed by atoms with Crippen LogP contribution in [0.25, 0.3) is 11.3 Å². The predicted molar refractivity (Wildman–Crippen MR) is 154 cm³/mol. The van der Waals surface area contributed by atoms with E-state index in [0.29, 0.717) is 36.6 Å². The van der Waals surface area contributed by atoms with E-state index in [9.17, 15) is 22.4 Å². The fraction of sp³-hybridized carbons (Fsp3) is 0.433. The molecular weight excluding hydrogens is 573 g/mol. The van der Waals surface area contributed by atoms with Crippen molar-refractivity contribution >= 4 is 17.7 Å². The Morgan fingerprint density at radius 1 is 1.16 bits per heavy atom. The second-order valence-corrected chi connectivity index (χ2v) is 10.1. The molecule has 0 amide bonds. The number of pyridine rings is 2. The summed E-state index contributed by atoms with van der Waals surface area (Å²) in [5, 5.41) is 6.04. The lowest BCUT2D eigenvalue weighted by Gasteiger charge is -2.22. The van der Waals surface area contributed by atoms with Crippen molar-refractivity contribution in [3.63, 3.8) is 0 Å². The number of carbonyl (C=O) groups excluding carboxylic acids is 1. The van der Waals surface area contributed by atoms with E-state index in [2.05, 4.69) is 27.5 Å². The van der Waals surface area contributed by atoms with E-state index < -0.39 is 57.7 Å². The van der Waals surface area contributed by atoms with Crippen LogP contribution in [0, 0.1) is 18.6 Å². The van der Waals surface area contributed by atoms with Gasteiger partial charge in [-0.3, -0.25) is 9.78 Å². The number of aromatic nitrogens is 2. The maximum absolute atomic E-state index is 16.2. The molecule has 0 bridgehead atoms. The lowest BCUT2D eigenvalue weighted by molar-refractivity contribution is -0.137. The lowest BCUT2D eigenvalue weighted by Crippen LogP contribution is -2.24. The molecule has 13 heteroatoms. The van der Waals surface area contributed by atoms with Crippen LogP contribution in [0.3, 0.4) is 0 Å². The molecule has 234 valence electrons. The summed E-state index contributed by atoms with van der Waals surface area (Å²) in [5.74, 6) is -2.91. The molecular formula is C30H36F5N5O3. The zero-order chi connectivity index (χ0) is 31.7. The number of nitrogen functional groups attached to an aromatic ring is 1. The van der Waals surface area contributed by atoms with Crippen LogP contribution in [0.5, 0.6) is 5.88 Å². The molecule has 4 N–H and O–H groups in total. The lowest BCUT2D eigenvalue weighted by atomic mass is 9.95. The highest BCUT2D eigenvalue weighted by Gasteiger charge is 2.39. The van der Waals surface area contributed by atoms with Crippen LogP contribution >= 0.6 is 0 Å². The van der Waals surface area contributed by atoms with E-state index in [4.69, 9.17) is 15.2 Å². The van der Waals surface area contributed by atoms with Gasteiger partial charge < -0.3 is 25.8 Å². The SMILES string of the molecule is CCCCNCCC(C)Oc1nc(-c2cc(N)c(F)c(C)c2C(F)(F)F)c(F)c(NCc2ccc(COC)nc2)c1C=O. The molecule has 3 aromatic rings. The van der Waals surface area contributed by atoms with Crippen molar-refractivity contribution in [2.24, 2.45) is 0 Å². The van der Waals surface area contributed by atoms with Gasteiger partial charge in [0.15, 0.2) is 12.1 Å². The Morgan fingerprint density at radius 3 is 2.51 bits per heavy atom. The van der Waals surface area contributed by atoms with Crippen LogP contribution in [-0.2, 0) is 24.1 Å².